The third-order valence-corrected chi connectivity index (χ3v) is 5.60. The fourth-order valence-corrected chi connectivity index (χ4v) is 4.33. The summed E-state index contributed by atoms with van der Waals surface area (Å²) in [7, 11) is -4.11. The lowest BCUT2D eigenvalue weighted by atomic mass is 10.3. The van der Waals surface area contributed by atoms with Crippen LogP contribution in [-0.4, -0.2) is 13.3 Å². The molecule has 0 radical (unpaired) electrons. The molecule has 0 aliphatic heterocycles. The van der Waals surface area contributed by atoms with Gasteiger partial charge >= 0.3 is 0 Å². The van der Waals surface area contributed by atoms with Crippen molar-refractivity contribution in [3.63, 3.8) is 0 Å². The van der Waals surface area contributed by atoms with Crippen LogP contribution in [0.15, 0.2) is 45.8 Å². The molecule has 0 bridgehead atoms. The Bertz CT molecular complexity index is 838. The van der Waals surface area contributed by atoms with Gasteiger partial charge in [0.25, 0.3) is 15.7 Å². The van der Waals surface area contributed by atoms with Crippen molar-refractivity contribution in [3.8, 4) is 0 Å². The number of hydrogen-bond donors (Lipinski definition) is 1. The number of rotatable bonds is 4. The van der Waals surface area contributed by atoms with Gasteiger partial charge < -0.3 is 0 Å². The van der Waals surface area contributed by atoms with E-state index in [2.05, 4.69) is 20.7 Å². The van der Waals surface area contributed by atoms with Gasteiger partial charge in [0.2, 0.25) is 0 Å². The van der Waals surface area contributed by atoms with E-state index in [0.29, 0.717) is 4.47 Å². The predicted molar refractivity (Wildman–Crippen MR) is 88.1 cm³/mol. The first-order valence-corrected chi connectivity index (χ1v) is 8.66. The maximum atomic E-state index is 12.4. The van der Waals surface area contributed by atoms with Crippen LogP contribution in [-0.2, 0) is 10.0 Å². The molecule has 2 rings (SSSR count). The number of halogens is 3. The van der Waals surface area contributed by atoms with Gasteiger partial charge in [-0.3, -0.25) is 14.8 Å². The number of nitrogens with zero attached hydrogens (tertiary/aromatic N) is 1. The van der Waals surface area contributed by atoms with Crippen LogP contribution in [0.2, 0.25) is 10.0 Å². The van der Waals surface area contributed by atoms with Gasteiger partial charge in [-0.2, -0.15) is 0 Å². The molecule has 0 spiro atoms. The number of hydrogen-bond acceptors (Lipinski definition) is 4. The molecule has 0 amide bonds. The van der Waals surface area contributed by atoms with E-state index in [-0.39, 0.29) is 26.3 Å². The minimum absolute atomic E-state index is 0.00480. The average molecular weight is 426 g/mol. The lowest BCUT2D eigenvalue weighted by molar-refractivity contribution is -0.384. The molecule has 0 aromatic heterocycles. The molecule has 0 heterocycles. The van der Waals surface area contributed by atoms with Crippen molar-refractivity contribution in [2.24, 2.45) is 0 Å². The first-order chi connectivity index (χ1) is 10.2. The predicted octanol–water partition coefficient (Wildman–Crippen LogP) is 4.46. The highest BCUT2D eigenvalue weighted by molar-refractivity contribution is 9.10. The maximum Gasteiger partial charge on any atom is 0.271 e. The summed E-state index contributed by atoms with van der Waals surface area (Å²) in [5, 5.41) is 10.7. The lowest BCUT2D eigenvalue weighted by Gasteiger charge is -2.12. The van der Waals surface area contributed by atoms with E-state index in [1.54, 1.807) is 0 Å². The van der Waals surface area contributed by atoms with Crippen LogP contribution in [0.1, 0.15) is 0 Å². The topological polar surface area (TPSA) is 89.3 Å². The molecule has 0 aliphatic carbocycles. The third kappa shape index (κ3) is 3.52. The highest BCUT2D eigenvalue weighted by Gasteiger charge is 2.23. The number of nitrogens with one attached hydrogen (secondary N) is 1. The SMILES string of the molecule is O=[N+]([O-])c1ccc(Br)c(NS(=O)(=O)c2c(Cl)cccc2Cl)c1. The fourth-order valence-electron chi connectivity index (χ4n) is 1.64. The molecule has 0 aliphatic rings. The number of non-ortho nitro benzene ring substituents is 1. The van der Waals surface area contributed by atoms with Crippen molar-refractivity contribution in [2.75, 3.05) is 4.72 Å². The van der Waals surface area contributed by atoms with E-state index < -0.39 is 14.9 Å². The quantitative estimate of drug-likeness (QED) is 0.578. The fraction of sp³-hybridized carbons (Fsp3) is 0. The molecular formula is C12H7BrCl2N2O4S. The second-order valence-electron chi connectivity index (χ2n) is 4.08. The normalized spacial score (nSPS) is 11.2. The van der Waals surface area contributed by atoms with Crippen LogP contribution < -0.4 is 4.72 Å². The molecule has 116 valence electrons. The van der Waals surface area contributed by atoms with Crippen LogP contribution in [0.3, 0.4) is 0 Å². The van der Waals surface area contributed by atoms with E-state index in [9.17, 15) is 18.5 Å². The highest BCUT2D eigenvalue weighted by Crippen LogP contribution is 2.33. The molecule has 0 saturated carbocycles. The van der Waals surface area contributed by atoms with E-state index in [0.717, 1.165) is 6.07 Å². The minimum atomic E-state index is -4.11. The van der Waals surface area contributed by atoms with Crippen molar-refractivity contribution in [3.05, 3.63) is 61.0 Å². The van der Waals surface area contributed by atoms with Gasteiger partial charge in [0.15, 0.2) is 0 Å². The van der Waals surface area contributed by atoms with Crippen LogP contribution in [0.25, 0.3) is 0 Å². The van der Waals surface area contributed by atoms with Gasteiger partial charge in [-0.25, -0.2) is 8.42 Å². The molecule has 0 atom stereocenters. The van der Waals surface area contributed by atoms with Crippen LogP contribution in [0.5, 0.6) is 0 Å². The number of sulfonamides is 1. The molecule has 6 nitrogen and oxygen atoms in total. The van der Waals surface area contributed by atoms with Crippen molar-refractivity contribution in [1.29, 1.82) is 0 Å². The number of nitro groups is 1. The van der Waals surface area contributed by atoms with Gasteiger partial charge in [-0.05, 0) is 34.1 Å². The summed E-state index contributed by atoms with van der Waals surface area (Å²) >= 11 is 14.9. The molecule has 2 aromatic rings. The minimum Gasteiger partial charge on any atom is -0.278 e. The van der Waals surface area contributed by atoms with E-state index >= 15 is 0 Å². The van der Waals surface area contributed by atoms with E-state index in [4.69, 9.17) is 23.2 Å². The number of nitro benzene ring substituents is 1. The molecule has 0 unspecified atom stereocenters. The van der Waals surface area contributed by atoms with Gasteiger partial charge in [0.05, 0.1) is 20.7 Å². The Balaban J connectivity index is 2.50. The molecular weight excluding hydrogens is 419 g/mol. The summed E-state index contributed by atoms with van der Waals surface area (Å²) in [5.74, 6) is 0. The highest BCUT2D eigenvalue weighted by atomic mass is 79.9. The third-order valence-electron chi connectivity index (χ3n) is 2.59. The van der Waals surface area contributed by atoms with E-state index in [1.165, 1.54) is 30.3 Å². The molecule has 0 fully saturated rings. The van der Waals surface area contributed by atoms with Crippen LogP contribution in [0, 0.1) is 10.1 Å². The van der Waals surface area contributed by atoms with E-state index in [1.807, 2.05) is 0 Å². The molecule has 10 heteroatoms. The van der Waals surface area contributed by atoms with Crippen molar-refractivity contribution >= 4 is 60.5 Å². The van der Waals surface area contributed by atoms with Gasteiger partial charge in [0, 0.05) is 16.6 Å². The summed E-state index contributed by atoms with van der Waals surface area (Å²) in [6.45, 7) is 0. The van der Waals surface area contributed by atoms with Gasteiger partial charge in [-0.1, -0.05) is 29.3 Å². The Hall–Kier alpha value is -1.35. The Morgan fingerprint density at radius 1 is 1.14 bits per heavy atom. The Kier molecular flexibility index (Phi) is 4.96. The maximum absolute atomic E-state index is 12.4. The summed E-state index contributed by atoms with van der Waals surface area (Å²) in [6.07, 6.45) is 0. The lowest BCUT2D eigenvalue weighted by Crippen LogP contribution is -2.14. The second-order valence-corrected chi connectivity index (χ2v) is 7.37. The first-order valence-electron chi connectivity index (χ1n) is 5.63. The van der Waals surface area contributed by atoms with Crippen LogP contribution in [0.4, 0.5) is 11.4 Å². The monoisotopic (exact) mass is 424 g/mol. The zero-order chi connectivity index (χ0) is 16.5. The zero-order valence-corrected chi connectivity index (χ0v) is 14.5. The van der Waals surface area contributed by atoms with Crippen LogP contribution >= 0.6 is 39.1 Å². The summed E-state index contributed by atoms with van der Waals surface area (Å²) in [4.78, 5) is 9.85. The Morgan fingerprint density at radius 3 is 2.27 bits per heavy atom. The van der Waals surface area contributed by atoms with Crippen molar-refractivity contribution in [2.45, 2.75) is 4.90 Å². The van der Waals surface area contributed by atoms with Crippen molar-refractivity contribution in [1.82, 2.24) is 0 Å². The average Bonchev–Trinajstić information content (AvgIpc) is 2.40. The van der Waals surface area contributed by atoms with Gasteiger partial charge in [-0.15, -0.1) is 0 Å². The molecule has 0 saturated heterocycles. The molecule has 1 N–H and O–H groups in total. The standard InChI is InChI=1S/C12H7BrCl2N2O4S/c13-8-5-4-7(17(18)19)6-11(8)16-22(20,21)12-9(14)2-1-3-10(12)15/h1-6,16H. The molecule has 2 aromatic carbocycles. The molecule has 22 heavy (non-hydrogen) atoms. The first kappa shape index (κ1) is 17.0. The number of anilines is 1. The summed E-state index contributed by atoms with van der Waals surface area (Å²) in [6, 6.07) is 7.96. The van der Waals surface area contributed by atoms with Gasteiger partial charge in [0.1, 0.15) is 4.90 Å². The second kappa shape index (κ2) is 6.41. The Labute approximate surface area is 144 Å². The zero-order valence-electron chi connectivity index (χ0n) is 10.6. The Morgan fingerprint density at radius 2 is 1.73 bits per heavy atom. The summed E-state index contributed by atoms with van der Waals surface area (Å²) < 4.78 is 27.4. The van der Waals surface area contributed by atoms with Crippen molar-refractivity contribution < 1.29 is 13.3 Å². The largest absolute Gasteiger partial charge is 0.278 e. The summed E-state index contributed by atoms with van der Waals surface area (Å²) in [5.41, 5.74) is -0.253. The number of benzene rings is 2. The smallest absolute Gasteiger partial charge is 0.271 e.